The molecule has 1 aromatic carbocycles. The molecule has 0 aromatic heterocycles. The van der Waals surface area contributed by atoms with E-state index >= 15 is 0 Å². The van der Waals surface area contributed by atoms with Crippen LogP contribution in [0.4, 0.5) is 4.79 Å². The maximum Gasteiger partial charge on any atom is 0.407 e. The minimum Gasteiger partial charge on any atom is -0.482 e. The van der Waals surface area contributed by atoms with Crippen LogP contribution in [0.3, 0.4) is 0 Å². The monoisotopic (exact) mass is 477 g/mol. The van der Waals surface area contributed by atoms with Gasteiger partial charge in [0.05, 0.1) is 12.7 Å². The highest BCUT2D eigenvalue weighted by molar-refractivity contribution is 5.68. The van der Waals surface area contributed by atoms with Crippen LogP contribution in [0.5, 0.6) is 5.75 Å². The van der Waals surface area contributed by atoms with Gasteiger partial charge < -0.3 is 30.1 Å². The Morgan fingerprint density at radius 1 is 1.21 bits per heavy atom. The van der Waals surface area contributed by atoms with Crippen LogP contribution in [-0.4, -0.2) is 59.3 Å². The van der Waals surface area contributed by atoms with Gasteiger partial charge in [-0.1, -0.05) is 31.9 Å². The molecule has 1 amide bonds. The van der Waals surface area contributed by atoms with E-state index in [1.165, 1.54) is 5.56 Å². The van der Waals surface area contributed by atoms with Crippen molar-refractivity contribution in [1.29, 1.82) is 0 Å². The largest absolute Gasteiger partial charge is 0.482 e. The van der Waals surface area contributed by atoms with Gasteiger partial charge in [-0.25, -0.2) is 9.59 Å². The Kier molecular flexibility index (Phi) is 10.0. The third kappa shape index (κ3) is 7.09. The van der Waals surface area contributed by atoms with Crippen molar-refractivity contribution in [3.05, 3.63) is 29.3 Å². The van der Waals surface area contributed by atoms with Gasteiger partial charge >= 0.3 is 12.1 Å². The minimum atomic E-state index is -0.997. The molecule has 3 rings (SSSR count). The molecule has 0 heterocycles. The molecule has 5 atom stereocenters. The highest BCUT2D eigenvalue weighted by atomic mass is 16.6. The van der Waals surface area contributed by atoms with Gasteiger partial charge in [-0.2, -0.15) is 0 Å². The van der Waals surface area contributed by atoms with Crippen molar-refractivity contribution < 1.29 is 34.4 Å². The number of hydrogen-bond acceptors (Lipinski definition) is 6. The number of carboxylic acid groups (broad SMARTS) is 1. The summed E-state index contributed by atoms with van der Waals surface area (Å²) in [6.45, 7) is 1.82. The minimum absolute atomic E-state index is 0.128. The molecule has 0 unspecified atom stereocenters. The summed E-state index contributed by atoms with van der Waals surface area (Å²) >= 11 is 0. The Balaban J connectivity index is 1.63. The lowest BCUT2D eigenvalue weighted by Gasteiger charge is -2.32. The van der Waals surface area contributed by atoms with Crippen LogP contribution in [0, 0.1) is 17.8 Å². The lowest BCUT2D eigenvalue weighted by molar-refractivity contribution is -0.139. The zero-order valence-electron chi connectivity index (χ0n) is 20.1. The van der Waals surface area contributed by atoms with Crippen LogP contribution in [-0.2, 0) is 22.4 Å². The summed E-state index contributed by atoms with van der Waals surface area (Å²) in [7, 11) is 0. The van der Waals surface area contributed by atoms with E-state index in [-0.39, 0.29) is 31.8 Å². The first-order valence-electron chi connectivity index (χ1n) is 12.6. The molecule has 1 fully saturated rings. The molecule has 1 saturated carbocycles. The third-order valence-electron chi connectivity index (χ3n) is 7.30. The highest BCUT2D eigenvalue weighted by Crippen LogP contribution is 2.48. The maximum absolute atomic E-state index is 12.1. The summed E-state index contributed by atoms with van der Waals surface area (Å²) in [6.07, 6.45) is 6.69. The second kappa shape index (κ2) is 13.0. The van der Waals surface area contributed by atoms with E-state index in [2.05, 4.69) is 18.3 Å². The normalized spacial score (nSPS) is 24.1. The van der Waals surface area contributed by atoms with Gasteiger partial charge in [0.15, 0.2) is 6.61 Å². The average Bonchev–Trinajstić information content (AvgIpc) is 3.12. The lowest BCUT2D eigenvalue weighted by atomic mass is 9.73. The van der Waals surface area contributed by atoms with E-state index in [0.29, 0.717) is 24.0 Å². The van der Waals surface area contributed by atoms with Crippen LogP contribution in [0.25, 0.3) is 0 Å². The second-order valence-electron chi connectivity index (χ2n) is 9.63. The summed E-state index contributed by atoms with van der Waals surface area (Å²) in [5.41, 5.74) is 2.24. The fourth-order valence-electron chi connectivity index (χ4n) is 5.69. The number of hydrogen-bond donors (Lipinski definition) is 4. The first-order chi connectivity index (χ1) is 16.4. The molecule has 0 bridgehead atoms. The average molecular weight is 478 g/mol. The standard InChI is InChI=1S/C26H39NO7/c1-2-3-4-7-19(34-26(32)27-11-12-28)9-10-20-21-13-17-6-5-8-24(33-16-25(30)31)22(17)14-18(21)15-23(20)29/h5-6,8,18-21,23,28-29H,2-4,7,9-16H2,1H3,(H,27,32)(H,30,31)/t18-,19-,20+,21-,23+/m0/s1. The molecular weight excluding hydrogens is 438 g/mol. The van der Waals surface area contributed by atoms with Crippen molar-refractivity contribution in [3.8, 4) is 5.75 Å². The SMILES string of the molecule is CCCCC[C@@H](CC[C@@H]1[C@H]2Cc3cccc(OCC(=O)O)c3C[C@H]2C[C@H]1O)OC(=O)NCCO. The van der Waals surface area contributed by atoms with Gasteiger partial charge in [0.1, 0.15) is 11.9 Å². The summed E-state index contributed by atoms with van der Waals surface area (Å²) in [5.74, 6) is 0.448. The number of alkyl carbamates (subject to hydrolysis) is 1. The molecule has 0 spiro atoms. The van der Waals surface area contributed by atoms with Crippen LogP contribution < -0.4 is 10.1 Å². The number of carboxylic acids is 1. The molecule has 4 N–H and O–H groups in total. The molecule has 190 valence electrons. The zero-order valence-corrected chi connectivity index (χ0v) is 20.1. The van der Waals surface area contributed by atoms with Crippen molar-refractivity contribution >= 4 is 12.1 Å². The lowest BCUT2D eigenvalue weighted by Crippen LogP contribution is -2.32. The number of aliphatic carboxylic acids is 1. The topological polar surface area (TPSA) is 125 Å². The maximum atomic E-state index is 12.1. The summed E-state index contributed by atoms with van der Waals surface area (Å²) in [5, 5.41) is 31.4. The number of carbonyl (C=O) groups excluding carboxylic acids is 1. The van der Waals surface area contributed by atoms with Gasteiger partial charge in [0.25, 0.3) is 0 Å². The Labute approximate surface area is 201 Å². The molecule has 0 radical (unpaired) electrons. The number of unbranched alkanes of at least 4 members (excludes halogenated alkanes) is 2. The number of rotatable bonds is 13. The van der Waals surface area contributed by atoms with E-state index in [4.69, 9.17) is 19.7 Å². The second-order valence-corrected chi connectivity index (χ2v) is 9.63. The number of aliphatic hydroxyl groups excluding tert-OH is 2. The van der Waals surface area contributed by atoms with E-state index in [1.54, 1.807) is 0 Å². The molecule has 2 aliphatic rings. The Morgan fingerprint density at radius 3 is 2.76 bits per heavy atom. The Hall–Kier alpha value is -2.32. The van der Waals surface area contributed by atoms with Crippen molar-refractivity contribution in [2.75, 3.05) is 19.8 Å². The first-order valence-corrected chi connectivity index (χ1v) is 12.6. The van der Waals surface area contributed by atoms with Crippen molar-refractivity contribution in [2.45, 2.75) is 76.9 Å². The van der Waals surface area contributed by atoms with Crippen LogP contribution >= 0.6 is 0 Å². The van der Waals surface area contributed by atoms with E-state index in [1.807, 2.05) is 12.1 Å². The van der Waals surface area contributed by atoms with Crippen LogP contribution in [0.2, 0.25) is 0 Å². The highest BCUT2D eigenvalue weighted by Gasteiger charge is 2.45. The van der Waals surface area contributed by atoms with Crippen LogP contribution in [0.15, 0.2) is 18.2 Å². The first kappa shape index (κ1) is 26.3. The molecule has 8 nitrogen and oxygen atoms in total. The molecular formula is C26H39NO7. The molecule has 1 aromatic rings. The number of nitrogens with one attached hydrogen (secondary N) is 1. The molecule has 34 heavy (non-hydrogen) atoms. The number of carbonyl (C=O) groups is 2. The smallest absolute Gasteiger partial charge is 0.407 e. The number of benzene rings is 1. The predicted octanol–water partition coefficient (Wildman–Crippen LogP) is 3.31. The van der Waals surface area contributed by atoms with E-state index in [0.717, 1.165) is 56.9 Å². The van der Waals surface area contributed by atoms with Crippen molar-refractivity contribution in [1.82, 2.24) is 5.32 Å². The fraction of sp³-hybridized carbons (Fsp3) is 0.692. The van der Waals surface area contributed by atoms with E-state index < -0.39 is 18.2 Å². The molecule has 0 aliphatic heterocycles. The van der Waals surface area contributed by atoms with Gasteiger partial charge in [-0.05, 0) is 79.9 Å². The van der Waals surface area contributed by atoms with Gasteiger partial charge in [0.2, 0.25) is 0 Å². The molecule has 8 heteroatoms. The third-order valence-corrected chi connectivity index (χ3v) is 7.30. The summed E-state index contributed by atoms with van der Waals surface area (Å²) in [4.78, 5) is 23.0. The predicted molar refractivity (Wildman–Crippen MR) is 127 cm³/mol. The van der Waals surface area contributed by atoms with Gasteiger partial charge in [0, 0.05) is 6.54 Å². The number of ether oxygens (including phenoxy) is 2. The number of fused-ring (bicyclic) bond motifs is 2. The summed E-state index contributed by atoms with van der Waals surface area (Å²) in [6, 6.07) is 5.80. The molecule has 0 saturated heterocycles. The quantitative estimate of drug-likeness (QED) is 0.321. The Morgan fingerprint density at radius 2 is 2.03 bits per heavy atom. The van der Waals surface area contributed by atoms with E-state index in [9.17, 15) is 14.7 Å². The molecule has 2 aliphatic carbocycles. The van der Waals surface area contributed by atoms with Crippen LogP contribution in [0.1, 0.15) is 63.0 Å². The number of aliphatic hydroxyl groups is 2. The van der Waals surface area contributed by atoms with Crippen molar-refractivity contribution in [3.63, 3.8) is 0 Å². The van der Waals surface area contributed by atoms with Gasteiger partial charge in [-0.3, -0.25) is 0 Å². The van der Waals surface area contributed by atoms with Gasteiger partial charge in [-0.15, -0.1) is 0 Å². The zero-order chi connectivity index (χ0) is 24.5. The Bertz CT molecular complexity index is 814. The number of amides is 1. The van der Waals surface area contributed by atoms with Crippen molar-refractivity contribution in [2.24, 2.45) is 17.8 Å². The summed E-state index contributed by atoms with van der Waals surface area (Å²) < 4.78 is 11.2. The fourth-order valence-corrected chi connectivity index (χ4v) is 5.69.